The highest BCUT2D eigenvalue weighted by Crippen LogP contribution is 2.25. The molecule has 0 bridgehead atoms. The molecule has 2 aromatic carbocycles. The van der Waals surface area contributed by atoms with Gasteiger partial charge in [-0.15, -0.1) is 0 Å². The van der Waals surface area contributed by atoms with E-state index in [4.69, 9.17) is 0 Å². The number of anilines is 2. The van der Waals surface area contributed by atoms with E-state index in [0.29, 0.717) is 6.54 Å². The van der Waals surface area contributed by atoms with E-state index in [2.05, 4.69) is 55.7 Å². The Hall–Kier alpha value is -2.27. The zero-order valence-corrected chi connectivity index (χ0v) is 16.1. The highest BCUT2D eigenvalue weighted by atomic mass is 79.9. The summed E-state index contributed by atoms with van der Waals surface area (Å²) in [7, 11) is 0. The second-order valence-corrected chi connectivity index (χ2v) is 7.18. The van der Waals surface area contributed by atoms with Gasteiger partial charge in [-0.05, 0) is 54.8 Å². The molecule has 2 N–H and O–H groups in total. The van der Waals surface area contributed by atoms with Crippen molar-refractivity contribution in [1.82, 2.24) is 5.32 Å². The van der Waals surface area contributed by atoms with E-state index < -0.39 is 0 Å². The van der Waals surface area contributed by atoms with Gasteiger partial charge in [-0.3, -0.25) is 0 Å². The minimum Gasteiger partial charge on any atom is -0.364 e. The average molecular weight is 400 g/mol. The fourth-order valence-corrected chi connectivity index (χ4v) is 3.69. The Labute approximate surface area is 157 Å². The van der Waals surface area contributed by atoms with Gasteiger partial charge in [-0.2, -0.15) is 0 Å². The first-order valence-corrected chi connectivity index (χ1v) is 9.13. The molecule has 5 heteroatoms. The summed E-state index contributed by atoms with van der Waals surface area (Å²) in [6, 6.07) is 12.1. The maximum absolute atomic E-state index is 12.3. The minimum absolute atomic E-state index is 0.193. The Kier molecular flexibility index (Phi) is 5.43. The van der Waals surface area contributed by atoms with E-state index in [0.717, 1.165) is 39.9 Å². The minimum atomic E-state index is -0.193. The molecule has 2 aromatic rings. The molecule has 0 saturated carbocycles. The lowest BCUT2D eigenvalue weighted by Crippen LogP contribution is -2.29. The summed E-state index contributed by atoms with van der Waals surface area (Å²) >= 11 is 3.47. The van der Waals surface area contributed by atoms with Crippen LogP contribution >= 0.6 is 15.9 Å². The van der Waals surface area contributed by atoms with Gasteiger partial charge in [-0.1, -0.05) is 40.2 Å². The van der Waals surface area contributed by atoms with Gasteiger partial charge in [0.1, 0.15) is 0 Å². The van der Waals surface area contributed by atoms with E-state index >= 15 is 0 Å². The molecule has 0 spiro atoms. The van der Waals surface area contributed by atoms with Crippen LogP contribution in [0.1, 0.15) is 16.7 Å². The lowest BCUT2D eigenvalue weighted by atomic mass is 10.1. The summed E-state index contributed by atoms with van der Waals surface area (Å²) in [6.07, 6.45) is 4.34. The van der Waals surface area contributed by atoms with Crippen molar-refractivity contribution in [3.63, 3.8) is 0 Å². The van der Waals surface area contributed by atoms with Gasteiger partial charge < -0.3 is 15.5 Å². The Morgan fingerprint density at radius 3 is 2.48 bits per heavy atom. The van der Waals surface area contributed by atoms with Crippen LogP contribution in [0.15, 0.2) is 53.0 Å². The molecule has 3 rings (SSSR count). The summed E-state index contributed by atoms with van der Waals surface area (Å²) in [6.45, 7) is 6.36. The first-order chi connectivity index (χ1) is 12.0. The summed E-state index contributed by atoms with van der Waals surface area (Å²) in [4.78, 5) is 14.6. The number of carbonyl (C=O) groups is 1. The van der Waals surface area contributed by atoms with Crippen molar-refractivity contribution in [3.05, 3.63) is 69.7 Å². The van der Waals surface area contributed by atoms with Gasteiger partial charge in [0.05, 0.1) is 0 Å². The van der Waals surface area contributed by atoms with Crippen LogP contribution < -0.4 is 15.5 Å². The predicted molar refractivity (Wildman–Crippen MR) is 107 cm³/mol. The second kappa shape index (κ2) is 7.74. The molecule has 0 unspecified atom stereocenters. The molecule has 130 valence electrons. The van der Waals surface area contributed by atoms with Crippen molar-refractivity contribution in [2.45, 2.75) is 20.4 Å². The first kappa shape index (κ1) is 17.5. The average Bonchev–Trinajstić information content (AvgIpc) is 3.11. The topological polar surface area (TPSA) is 44.4 Å². The Morgan fingerprint density at radius 1 is 1.12 bits per heavy atom. The lowest BCUT2D eigenvalue weighted by Gasteiger charge is -2.18. The third kappa shape index (κ3) is 4.42. The standard InChI is InChI=1S/C20H22BrN3O/c1-14-10-17(21)11-15(2)19(14)23-20(25)22-13-16-6-5-7-18(12-16)24-8-3-4-9-24/h3-7,10-12H,8-9,13H2,1-2H3,(H2,22,23,25). The monoisotopic (exact) mass is 399 g/mol. The van der Waals surface area contributed by atoms with Gasteiger partial charge >= 0.3 is 6.03 Å². The van der Waals surface area contributed by atoms with E-state index in [1.165, 1.54) is 5.69 Å². The van der Waals surface area contributed by atoms with Gasteiger partial charge in [0.2, 0.25) is 0 Å². The summed E-state index contributed by atoms with van der Waals surface area (Å²) < 4.78 is 1.02. The van der Waals surface area contributed by atoms with Crippen LogP contribution in [0.5, 0.6) is 0 Å². The Bertz CT molecular complexity index is 785. The zero-order valence-electron chi connectivity index (χ0n) is 14.5. The lowest BCUT2D eigenvalue weighted by molar-refractivity contribution is 0.251. The molecule has 2 amide bonds. The molecule has 0 radical (unpaired) electrons. The number of carbonyl (C=O) groups excluding carboxylic acids is 1. The highest BCUT2D eigenvalue weighted by molar-refractivity contribution is 9.10. The van der Waals surface area contributed by atoms with Crippen LogP contribution in [0.2, 0.25) is 0 Å². The Balaban J connectivity index is 1.60. The SMILES string of the molecule is Cc1cc(Br)cc(C)c1NC(=O)NCc1cccc(N2CC=CC2)c1. The highest BCUT2D eigenvalue weighted by Gasteiger charge is 2.10. The van der Waals surface area contributed by atoms with Crippen molar-refractivity contribution >= 4 is 33.3 Å². The maximum Gasteiger partial charge on any atom is 0.319 e. The zero-order chi connectivity index (χ0) is 17.8. The summed E-state index contributed by atoms with van der Waals surface area (Å²) in [5, 5.41) is 5.89. The van der Waals surface area contributed by atoms with Crippen molar-refractivity contribution < 1.29 is 4.79 Å². The van der Waals surface area contributed by atoms with Crippen LogP contribution in [0, 0.1) is 13.8 Å². The number of rotatable bonds is 4. The third-order valence-electron chi connectivity index (χ3n) is 4.28. The van der Waals surface area contributed by atoms with Gasteiger partial charge in [0.15, 0.2) is 0 Å². The first-order valence-electron chi connectivity index (χ1n) is 8.33. The van der Waals surface area contributed by atoms with Crippen LogP contribution in [-0.4, -0.2) is 19.1 Å². The maximum atomic E-state index is 12.3. The number of benzene rings is 2. The van der Waals surface area contributed by atoms with Crippen LogP contribution in [0.4, 0.5) is 16.2 Å². The summed E-state index contributed by atoms with van der Waals surface area (Å²) in [5.41, 5.74) is 5.20. The second-order valence-electron chi connectivity index (χ2n) is 6.27. The van der Waals surface area contributed by atoms with Crippen molar-refractivity contribution in [1.29, 1.82) is 0 Å². The number of nitrogens with zero attached hydrogens (tertiary/aromatic N) is 1. The number of amides is 2. The molecule has 1 aliphatic heterocycles. The molecular formula is C20H22BrN3O. The molecule has 0 aliphatic carbocycles. The van der Waals surface area contributed by atoms with E-state index in [1.54, 1.807) is 0 Å². The quantitative estimate of drug-likeness (QED) is 0.727. The predicted octanol–water partition coefficient (Wildman–Crippen LogP) is 4.76. The number of hydrogen-bond acceptors (Lipinski definition) is 2. The third-order valence-corrected chi connectivity index (χ3v) is 4.74. The molecular weight excluding hydrogens is 378 g/mol. The van der Waals surface area contributed by atoms with Crippen molar-refractivity contribution in [2.75, 3.05) is 23.3 Å². The van der Waals surface area contributed by atoms with Gasteiger partial charge in [-0.25, -0.2) is 4.79 Å². The number of hydrogen-bond donors (Lipinski definition) is 2. The molecule has 0 fully saturated rings. The Morgan fingerprint density at radius 2 is 1.80 bits per heavy atom. The van der Waals surface area contributed by atoms with Gasteiger partial charge in [0, 0.05) is 35.5 Å². The van der Waals surface area contributed by atoms with E-state index in [9.17, 15) is 4.79 Å². The van der Waals surface area contributed by atoms with Crippen LogP contribution in [0.25, 0.3) is 0 Å². The van der Waals surface area contributed by atoms with E-state index in [1.807, 2.05) is 38.1 Å². The smallest absolute Gasteiger partial charge is 0.319 e. The molecule has 1 aliphatic rings. The fourth-order valence-electron chi connectivity index (χ4n) is 3.00. The number of urea groups is 1. The molecule has 25 heavy (non-hydrogen) atoms. The number of nitrogens with one attached hydrogen (secondary N) is 2. The van der Waals surface area contributed by atoms with Gasteiger partial charge in [0.25, 0.3) is 0 Å². The summed E-state index contributed by atoms with van der Waals surface area (Å²) in [5.74, 6) is 0. The normalized spacial score (nSPS) is 13.2. The van der Waals surface area contributed by atoms with E-state index in [-0.39, 0.29) is 6.03 Å². The van der Waals surface area contributed by atoms with Crippen LogP contribution in [-0.2, 0) is 6.54 Å². The molecule has 0 aromatic heterocycles. The number of aryl methyl sites for hydroxylation is 2. The molecule has 1 heterocycles. The number of halogens is 1. The largest absolute Gasteiger partial charge is 0.364 e. The van der Waals surface area contributed by atoms with Crippen molar-refractivity contribution in [2.24, 2.45) is 0 Å². The molecule has 4 nitrogen and oxygen atoms in total. The fraction of sp³-hybridized carbons (Fsp3) is 0.250. The molecule has 0 atom stereocenters. The molecule has 0 saturated heterocycles. The van der Waals surface area contributed by atoms with Crippen molar-refractivity contribution in [3.8, 4) is 0 Å². The van der Waals surface area contributed by atoms with Crippen LogP contribution in [0.3, 0.4) is 0 Å².